The second-order valence-electron chi connectivity index (χ2n) is 5.85. The van der Waals surface area contributed by atoms with Crippen LogP contribution in [0.5, 0.6) is 0 Å². The fourth-order valence-electron chi connectivity index (χ4n) is 3.17. The van der Waals surface area contributed by atoms with Gasteiger partial charge in [-0.3, -0.25) is 4.79 Å². The molecule has 1 aromatic carbocycles. The molecule has 2 aliphatic rings. The number of carbonyl (C=O) groups is 1. The van der Waals surface area contributed by atoms with Crippen molar-refractivity contribution in [3.8, 4) is 0 Å². The molecule has 1 aliphatic carbocycles. The predicted molar refractivity (Wildman–Crippen MR) is 71.4 cm³/mol. The highest BCUT2D eigenvalue weighted by molar-refractivity contribution is 5.94. The van der Waals surface area contributed by atoms with E-state index in [2.05, 4.69) is 10.6 Å². The molecule has 3 nitrogen and oxygen atoms in total. The summed E-state index contributed by atoms with van der Waals surface area (Å²) >= 11 is 0. The van der Waals surface area contributed by atoms with Crippen LogP contribution in [0.25, 0.3) is 0 Å². The van der Waals surface area contributed by atoms with Crippen LogP contribution in [0.4, 0.5) is 8.78 Å². The van der Waals surface area contributed by atoms with Crippen LogP contribution in [0.1, 0.15) is 42.5 Å². The van der Waals surface area contributed by atoms with Crippen molar-refractivity contribution in [3.63, 3.8) is 0 Å². The minimum Gasteiger partial charge on any atom is -0.349 e. The molecule has 1 heterocycles. The number of piperidine rings is 1. The molecule has 2 N–H and O–H groups in total. The first-order valence-electron chi connectivity index (χ1n) is 7.09. The van der Waals surface area contributed by atoms with Gasteiger partial charge in [-0.05, 0) is 56.8 Å². The highest BCUT2D eigenvalue weighted by Gasteiger charge is 2.41. The SMILES string of the molecule is O=C(NC1CCNC2(CCC2)C1)c1ccc(F)c(F)c1. The number of nitrogens with one attached hydrogen (secondary N) is 2. The lowest BCUT2D eigenvalue weighted by Gasteiger charge is -2.48. The molecule has 1 atom stereocenters. The van der Waals surface area contributed by atoms with Crippen molar-refractivity contribution in [2.24, 2.45) is 0 Å². The maximum absolute atomic E-state index is 13.1. The van der Waals surface area contributed by atoms with Gasteiger partial charge in [-0.2, -0.15) is 0 Å². The van der Waals surface area contributed by atoms with Crippen molar-refractivity contribution in [2.75, 3.05) is 6.54 Å². The van der Waals surface area contributed by atoms with Crippen LogP contribution in [0, 0.1) is 11.6 Å². The van der Waals surface area contributed by atoms with Crippen LogP contribution in [0.2, 0.25) is 0 Å². The van der Waals surface area contributed by atoms with E-state index in [9.17, 15) is 13.6 Å². The third kappa shape index (κ3) is 2.54. The zero-order valence-electron chi connectivity index (χ0n) is 11.2. The van der Waals surface area contributed by atoms with E-state index in [0.717, 1.165) is 44.4 Å². The average molecular weight is 280 g/mol. The third-order valence-corrected chi connectivity index (χ3v) is 4.46. The number of carbonyl (C=O) groups excluding carboxylic acids is 1. The molecule has 108 valence electrons. The van der Waals surface area contributed by atoms with E-state index in [0.29, 0.717) is 0 Å². The molecule has 1 saturated carbocycles. The molecule has 1 aromatic rings. The summed E-state index contributed by atoms with van der Waals surface area (Å²) in [6.45, 7) is 0.892. The van der Waals surface area contributed by atoms with Gasteiger partial charge >= 0.3 is 0 Å². The van der Waals surface area contributed by atoms with Gasteiger partial charge in [0, 0.05) is 17.1 Å². The van der Waals surface area contributed by atoms with Gasteiger partial charge < -0.3 is 10.6 Å². The monoisotopic (exact) mass is 280 g/mol. The Balaban J connectivity index is 1.64. The molecule has 5 heteroatoms. The highest BCUT2D eigenvalue weighted by atomic mass is 19.2. The van der Waals surface area contributed by atoms with Gasteiger partial charge in [-0.15, -0.1) is 0 Å². The summed E-state index contributed by atoms with van der Waals surface area (Å²) in [5.74, 6) is -2.25. The van der Waals surface area contributed by atoms with Crippen LogP contribution in [0.15, 0.2) is 18.2 Å². The number of halogens is 2. The van der Waals surface area contributed by atoms with Gasteiger partial charge in [0.05, 0.1) is 0 Å². The van der Waals surface area contributed by atoms with Crippen molar-refractivity contribution >= 4 is 5.91 Å². The van der Waals surface area contributed by atoms with Crippen LogP contribution < -0.4 is 10.6 Å². The maximum Gasteiger partial charge on any atom is 0.251 e. The lowest BCUT2D eigenvalue weighted by atomic mass is 9.70. The van der Waals surface area contributed by atoms with Crippen molar-refractivity contribution in [3.05, 3.63) is 35.4 Å². The first-order chi connectivity index (χ1) is 9.58. The molecular weight excluding hydrogens is 262 g/mol. The van der Waals surface area contributed by atoms with Crippen molar-refractivity contribution in [2.45, 2.75) is 43.7 Å². The molecule has 2 fully saturated rings. The Morgan fingerprint density at radius 3 is 2.75 bits per heavy atom. The highest BCUT2D eigenvalue weighted by Crippen LogP contribution is 2.38. The fraction of sp³-hybridized carbons (Fsp3) is 0.533. The number of benzene rings is 1. The van der Waals surface area contributed by atoms with Gasteiger partial charge in [0.25, 0.3) is 5.91 Å². The van der Waals surface area contributed by atoms with Gasteiger partial charge in [-0.1, -0.05) is 0 Å². The largest absolute Gasteiger partial charge is 0.349 e. The summed E-state index contributed by atoms with van der Waals surface area (Å²) < 4.78 is 26.0. The second kappa shape index (κ2) is 5.13. The van der Waals surface area contributed by atoms with Crippen LogP contribution >= 0.6 is 0 Å². The van der Waals surface area contributed by atoms with Crippen molar-refractivity contribution in [1.82, 2.24) is 10.6 Å². The minimum atomic E-state index is -0.988. The fourth-order valence-corrected chi connectivity index (χ4v) is 3.17. The molecule has 0 radical (unpaired) electrons. The smallest absolute Gasteiger partial charge is 0.251 e. The summed E-state index contributed by atoms with van der Waals surface area (Å²) in [6, 6.07) is 3.36. The van der Waals surface area contributed by atoms with Crippen molar-refractivity contribution in [1.29, 1.82) is 0 Å². The third-order valence-electron chi connectivity index (χ3n) is 4.46. The maximum atomic E-state index is 13.1. The van der Waals surface area contributed by atoms with Gasteiger partial charge in [0.2, 0.25) is 0 Å². The summed E-state index contributed by atoms with van der Waals surface area (Å²) in [5, 5.41) is 6.47. The topological polar surface area (TPSA) is 41.1 Å². The number of hydrogen-bond acceptors (Lipinski definition) is 2. The number of amides is 1. The number of rotatable bonds is 2. The van der Waals surface area contributed by atoms with Crippen LogP contribution in [-0.4, -0.2) is 24.0 Å². The van der Waals surface area contributed by atoms with E-state index in [1.54, 1.807) is 0 Å². The summed E-state index contributed by atoms with van der Waals surface area (Å²) in [6.07, 6.45) is 5.34. The molecule has 1 unspecified atom stereocenters. The van der Waals surface area contributed by atoms with Gasteiger partial charge in [0.1, 0.15) is 0 Å². The molecule has 0 aromatic heterocycles. The molecular formula is C15H18F2N2O. The van der Waals surface area contributed by atoms with E-state index in [-0.39, 0.29) is 23.1 Å². The summed E-state index contributed by atoms with van der Waals surface area (Å²) in [5.41, 5.74) is 0.370. The van der Waals surface area contributed by atoms with Gasteiger partial charge in [-0.25, -0.2) is 8.78 Å². The predicted octanol–water partition coefficient (Wildman–Crippen LogP) is 2.37. The van der Waals surface area contributed by atoms with E-state index in [1.807, 2.05) is 0 Å². The normalized spacial score (nSPS) is 24.2. The second-order valence-corrected chi connectivity index (χ2v) is 5.85. The lowest BCUT2D eigenvalue weighted by Crippen LogP contribution is -2.59. The standard InChI is InChI=1S/C15H18F2N2O/c16-12-3-2-10(8-13(12)17)14(20)19-11-4-7-18-15(9-11)5-1-6-15/h2-3,8,11,18H,1,4-7,9H2,(H,19,20). The van der Waals surface area contributed by atoms with Crippen LogP contribution in [-0.2, 0) is 0 Å². The Bertz CT molecular complexity index is 529. The van der Waals surface area contributed by atoms with E-state index in [4.69, 9.17) is 0 Å². The quantitative estimate of drug-likeness (QED) is 0.873. The molecule has 20 heavy (non-hydrogen) atoms. The van der Waals surface area contributed by atoms with Crippen LogP contribution in [0.3, 0.4) is 0 Å². The molecule has 1 aliphatic heterocycles. The molecule has 1 amide bonds. The first-order valence-corrected chi connectivity index (χ1v) is 7.09. The Kier molecular flexibility index (Phi) is 3.46. The average Bonchev–Trinajstić information content (AvgIpc) is 2.40. The zero-order valence-corrected chi connectivity index (χ0v) is 11.2. The molecule has 1 saturated heterocycles. The van der Waals surface area contributed by atoms with Gasteiger partial charge in [0.15, 0.2) is 11.6 Å². The first kappa shape index (κ1) is 13.5. The van der Waals surface area contributed by atoms with E-state index < -0.39 is 11.6 Å². The Morgan fingerprint density at radius 2 is 2.10 bits per heavy atom. The Hall–Kier alpha value is -1.49. The summed E-state index contributed by atoms with van der Waals surface area (Å²) in [4.78, 5) is 12.1. The summed E-state index contributed by atoms with van der Waals surface area (Å²) in [7, 11) is 0. The molecule has 3 rings (SSSR count). The molecule has 0 bridgehead atoms. The lowest BCUT2D eigenvalue weighted by molar-refractivity contribution is 0.0852. The Morgan fingerprint density at radius 1 is 1.30 bits per heavy atom. The van der Waals surface area contributed by atoms with E-state index >= 15 is 0 Å². The minimum absolute atomic E-state index is 0.108. The van der Waals surface area contributed by atoms with Crippen molar-refractivity contribution < 1.29 is 13.6 Å². The Labute approximate surface area is 116 Å². The van der Waals surface area contributed by atoms with E-state index in [1.165, 1.54) is 12.5 Å². The zero-order chi connectivity index (χ0) is 14.2. The molecule has 1 spiro atoms. The number of hydrogen-bond donors (Lipinski definition) is 2.